The number of hydrogen-bond donors (Lipinski definition) is 4. The van der Waals surface area contributed by atoms with Crippen LogP contribution in [0.5, 0.6) is 0 Å². The van der Waals surface area contributed by atoms with E-state index in [0.717, 1.165) is 18.7 Å². The second-order valence-electron chi connectivity index (χ2n) is 4.18. The third kappa shape index (κ3) is 2.10. The van der Waals surface area contributed by atoms with Gasteiger partial charge in [-0.25, -0.2) is 5.84 Å². The molecule has 6 N–H and O–H groups in total. The number of nitrogens with zero attached hydrogens (tertiary/aromatic N) is 2. The first kappa shape index (κ1) is 9.97. The van der Waals surface area contributed by atoms with E-state index in [1.54, 1.807) is 6.07 Å². The lowest BCUT2D eigenvalue weighted by Gasteiger charge is -2.39. The number of rotatable bonds is 3. The topological polar surface area (TPSA) is 102 Å². The molecule has 0 atom stereocenters. The van der Waals surface area contributed by atoms with Crippen LogP contribution in [0.4, 0.5) is 17.6 Å². The zero-order valence-corrected chi connectivity index (χ0v) is 8.75. The van der Waals surface area contributed by atoms with Crippen LogP contribution in [0, 0.1) is 0 Å². The second-order valence-corrected chi connectivity index (χ2v) is 4.18. The van der Waals surface area contributed by atoms with Crippen molar-refractivity contribution in [3.63, 3.8) is 0 Å². The van der Waals surface area contributed by atoms with Crippen LogP contribution >= 0.6 is 0 Å². The van der Waals surface area contributed by atoms with Crippen LogP contribution in [0.15, 0.2) is 6.07 Å². The highest BCUT2D eigenvalue weighted by atomic mass is 15.3. The van der Waals surface area contributed by atoms with E-state index < -0.39 is 0 Å². The lowest BCUT2D eigenvalue weighted by Crippen LogP contribution is -2.42. The minimum Gasteiger partial charge on any atom is -0.368 e. The zero-order valence-electron chi connectivity index (χ0n) is 8.75. The van der Waals surface area contributed by atoms with Gasteiger partial charge >= 0.3 is 0 Å². The summed E-state index contributed by atoms with van der Waals surface area (Å²) in [6.45, 7) is 2.17. The zero-order chi connectivity index (χ0) is 10.9. The Balaban J connectivity index is 2.16. The van der Waals surface area contributed by atoms with E-state index in [2.05, 4.69) is 27.6 Å². The Morgan fingerprint density at radius 1 is 1.33 bits per heavy atom. The lowest BCUT2D eigenvalue weighted by molar-refractivity contribution is 0.306. The summed E-state index contributed by atoms with van der Waals surface area (Å²) in [4.78, 5) is 8.03. The minimum absolute atomic E-state index is 0.145. The average Bonchev–Trinajstić information content (AvgIpc) is 2.14. The van der Waals surface area contributed by atoms with Crippen LogP contribution in [-0.4, -0.2) is 15.5 Å². The van der Waals surface area contributed by atoms with Crippen molar-refractivity contribution < 1.29 is 0 Å². The molecular weight excluding hydrogens is 192 g/mol. The van der Waals surface area contributed by atoms with Gasteiger partial charge in [0, 0.05) is 11.6 Å². The molecule has 1 heterocycles. The van der Waals surface area contributed by atoms with Gasteiger partial charge in [0.05, 0.1) is 0 Å². The van der Waals surface area contributed by atoms with Crippen molar-refractivity contribution in [2.24, 2.45) is 5.84 Å². The highest BCUT2D eigenvalue weighted by molar-refractivity contribution is 5.51. The van der Waals surface area contributed by atoms with Gasteiger partial charge in [-0.3, -0.25) is 0 Å². The molecule has 0 spiro atoms. The molecule has 0 aliphatic heterocycles. The number of nitrogens with two attached hydrogens (primary N) is 2. The summed E-state index contributed by atoms with van der Waals surface area (Å²) >= 11 is 0. The van der Waals surface area contributed by atoms with Crippen molar-refractivity contribution in [3.8, 4) is 0 Å². The maximum Gasteiger partial charge on any atom is 0.223 e. The molecular formula is C9H16N6. The Morgan fingerprint density at radius 2 is 2.00 bits per heavy atom. The molecule has 1 saturated carbocycles. The molecule has 2 rings (SSSR count). The monoisotopic (exact) mass is 208 g/mol. The number of aromatic nitrogens is 2. The van der Waals surface area contributed by atoms with E-state index in [1.807, 2.05) is 0 Å². The van der Waals surface area contributed by atoms with Crippen molar-refractivity contribution in [2.45, 2.75) is 31.7 Å². The highest BCUT2D eigenvalue weighted by Gasteiger charge is 2.31. The fourth-order valence-electron chi connectivity index (χ4n) is 1.75. The van der Waals surface area contributed by atoms with Crippen LogP contribution in [0.1, 0.15) is 26.2 Å². The summed E-state index contributed by atoms with van der Waals surface area (Å²) in [7, 11) is 0. The highest BCUT2D eigenvalue weighted by Crippen LogP contribution is 2.34. The normalized spacial score (nSPS) is 18.0. The van der Waals surface area contributed by atoms with Gasteiger partial charge in [0.25, 0.3) is 0 Å². The molecule has 1 aliphatic carbocycles. The van der Waals surface area contributed by atoms with Crippen LogP contribution in [0.2, 0.25) is 0 Å². The van der Waals surface area contributed by atoms with Crippen LogP contribution < -0.4 is 22.3 Å². The van der Waals surface area contributed by atoms with Gasteiger partial charge in [0.15, 0.2) is 0 Å². The van der Waals surface area contributed by atoms with Gasteiger partial charge in [-0.2, -0.15) is 9.97 Å². The van der Waals surface area contributed by atoms with E-state index in [0.29, 0.717) is 5.82 Å². The summed E-state index contributed by atoms with van der Waals surface area (Å²) < 4.78 is 0. The molecule has 0 radical (unpaired) electrons. The molecule has 15 heavy (non-hydrogen) atoms. The smallest absolute Gasteiger partial charge is 0.223 e. The Bertz CT molecular complexity index is 360. The number of nitrogens with one attached hydrogen (secondary N) is 2. The van der Waals surface area contributed by atoms with Gasteiger partial charge in [-0.05, 0) is 26.2 Å². The van der Waals surface area contributed by atoms with Crippen LogP contribution in [0.25, 0.3) is 0 Å². The Labute approximate surface area is 88.4 Å². The summed E-state index contributed by atoms with van der Waals surface area (Å²) in [5.41, 5.74) is 8.16. The molecule has 0 bridgehead atoms. The standard InChI is InChI=1S/C9H16N6/c1-9(3-2-4-9)14-6-5-7(15-11)13-8(10)12-6/h5H,2-4,11H2,1H3,(H4,10,12,13,14,15). The molecule has 0 unspecified atom stereocenters. The first-order valence-electron chi connectivity index (χ1n) is 5.01. The van der Waals surface area contributed by atoms with Gasteiger partial charge < -0.3 is 16.5 Å². The first-order valence-corrected chi connectivity index (χ1v) is 5.01. The summed E-state index contributed by atoms with van der Waals surface area (Å²) in [6, 6.07) is 1.75. The number of nitrogen functional groups attached to an aromatic ring is 2. The Kier molecular flexibility index (Phi) is 2.36. The SMILES string of the molecule is CC1(Nc2cc(NN)nc(N)n2)CCC1. The van der Waals surface area contributed by atoms with Gasteiger partial charge in [0.2, 0.25) is 5.95 Å². The molecule has 82 valence electrons. The van der Waals surface area contributed by atoms with E-state index >= 15 is 0 Å². The number of hydrogen-bond acceptors (Lipinski definition) is 6. The van der Waals surface area contributed by atoms with E-state index in [9.17, 15) is 0 Å². The molecule has 6 nitrogen and oxygen atoms in total. The first-order chi connectivity index (χ1) is 7.11. The molecule has 6 heteroatoms. The maximum absolute atomic E-state index is 5.56. The molecule has 1 fully saturated rings. The predicted octanol–water partition coefficient (Wildman–Crippen LogP) is 0.699. The predicted molar refractivity (Wildman–Crippen MR) is 60.1 cm³/mol. The fourth-order valence-corrected chi connectivity index (χ4v) is 1.75. The van der Waals surface area contributed by atoms with E-state index in [1.165, 1.54) is 6.42 Å². The fraction of sp³-hybridized carbons (Fsp3) is 0.556. The van der Waals surface area contributed by atoms with Crippen LogP contribution in [-0.2, 0) is 0 Å². The maximum atomic E-state index is 5.56. The van der Waals surface area contributed by atoms with Crippen molar-refractivity contribution in [1.82, 2.24) is 9.97 Å². The lowest BCUT2D eigenvalue weighted by atomic mass is 9.78. The number of anilines is 3. The van der Waals surface area contributed by atoms with Crippen molar-refractivity contribution >= 4 is 17.6 Å². The molecule has 1 aliphatic rings. The third-order valence-electron chi connectivity index (χ3n) is 2.78. The third-order valence-corrected chi connectivity index (χ3v) is 2.78. The van der Waals surface area contributed by atoms with Crippen molar-refractivity contribution in [1.29, 1.82) is 0 Å². The summed E-state index contributed by atoms with van der Waals surface area (Å²) in [6.07, 6.45) is 3.57. The molecule has 1 aromatic heterocycles. The average molecular weight is 208 g/mol. The summed E-state index contributed by atoms with van der Waals surface area (Å²) in [5, 5.41) is 3.34. The van der Waals surface area contributed by atoms with E-state index in [4.69, 9.17) is 11.6 Å². The molecule has 1 aromatic rings. The minimum atomic E-state index is 0.145. The summed E-state index contributed by atoms with van der Waals surface area (Å²) in [5.74, 6) is 6.73. The molecule has 0 amide bonds. The number of hydrazine groups is 1. The Hall–Kier alpha value is -1.56. The van der Waals surface area contributed by atoms with Gasteiger partial charge in [0.1, 0.15) is 11.6 Å². The van der Waals surface area contributed by atoms with E-state index in [-0.39, 0.29) is 11.5 Å². The largest absolute Gasteiger partial charge is 0.368 e. The van der Waals surface area contributed by atoms with Gasteiger partial charge in [-0.1, -0.05) is 0 Å². The van der Waals surface area contributed by atoms with Crippen molar-refractivity contribution in [3.05, 3.63) is 6.07 Å². The van der Waals surface area contributed by atoms with Crippen LogP contribution in [0.3, 0.4) is 0 Å². The molecule has 0 aromatic carbocycles. The Morgan fingerprint density at radius 3 is 2.53 bits per heavy atom. The quantitative estimate of drug-likeness (QED) is 0.431. The molecule has 0 saturated heterocycles. The van der Waals surface area contributed by atoms with Crippen molar-refractivity contribution in [2.75, 3.05) is 16.5 Å². The van der Waals surface area contributed by atoms with Gasteiger partial charge in [-0.15, -0.1) is 0 Å². The second kappa shape index (κ2) is 3.54.